The Kier molecular flexibility index (Phi) is 16.3. The molecule has 1 aliphatic carbocycles. The van der Waals surface area contributed by atoms with Gasteiger partial charge in [-0.25, -0.2) is 0 Å². The van der Waals surface area contributed by atoms with Gasteiger partial charge in [-0.05, 0) is 93.2 Å². The average molecular weight is 679 g/mol. The van der Waals surface area contributed by atoms with Crippen LogP contribution in [-0.2, 0) is 32.7 Å². The molecule has 2 rings (SSSR count). The lowest BCUT2D eigenvalue weighted by Crippen LogP contribution is -2.45. The topological polar surface area (TPSA) is 80.3 Å². The van der Waals surface area contributed by atoms with Crippen molar-refractivity contribution in [2.75, 3.05) is 20.3 Å². The summed E-state index contributed by atoms with van der Waals surface area (Å²) in [5, 5.41) is 0.160. The summed E-state index contributed by atoms with van der Waals surface area (Å²) in [5.74, 6) is 0.0609. The normalized spacial score (nSPS) is 25.2. The van der Waals surface area contributed by atoms with Gasteiger partial charge in [-0.2, -0.15) is 0 Å². The zero-order chi connectivity index (χ0) is 34.6. The van der Waals surface area contributed by atoms with Crippen molar-refractivity contribution >= 4 is 28.4 Å². The van der Waals surface area contributed by atoms with Crippen molar-refractivity contribution in [3.05, 3.63) is 36.5 Å². The minimum absolute atomic E-state index is 0.0134. The van der Waals surface area contributed by atoms with E-state index in [1.807, 2.05) is 12.2 Å². The van der Waals surface area contributed by atoms with E-state index in [4.69, 9.17) is 23.1 Å². The van der Waals surface area contributed by atoms with E-state index in [0.717, 1.165) is 38.7 Å². The standard InChI is InChI=1S/C37H66O7Si2/c1-36(2,3)45(8,9)43-32-28-33(44-46(10,11)37(4,5)6)31(25-24-29(38)20-14-12-16-22-34(39)40-7)30(32)21-15-13-18-26-41-35-23-17-19-27-42-35/h12-15,24-25,30-33,35H,16-23,26-28H2,1-11H3/b14-12-,15-13-,25-24+/t30-,31+,32-,33+,35?/m1/s1. The van der Waals surface area contributed by atoms with E-state index in [9.17, 15) is 9.59 Å². The van der Waals surface area contributed by atoms with Crippen molar-refractivity contribution in [3.63, 3.8) is 0 Å². The van der Waals surface area contributed by atoms with Crippen LogP contribution in [0.4, 0.5) is 0 Å². The molecule has 7 nitrogen and oxygen atoms in total. The van der Waals surface area contributed by atoms with Crippen LogP contribution >= 0.6 is 0 Å². The van der Waals surface area contributed by atoms with Gasteiger partial charge >= 0.3 is 5.97 Å². The quantitative estimate of drug-likeness (QED) is 0.0499. The largest absolute Gasteiger partial charge is 0.469 e. The van der Waals surface area contributed by atoms with Crippen molar-refractivity contribution in [2.45, 2.75) is 154 Å². The lowest BCUT2D eigenvalue weighted by molar-refractivity contribution is -0.161. The molecule has 0 aromatic rings. The molecule has 0 N–H and O–H groups in total. The third-order valence-electron chi connectivity index (χ3n) is 10.4. The molecule has 2 aliphatic rings. The Labute approximate surface area is 283 Å². The summed E-state index contributed by atoms with van der Waals surface area (Å²) >= 11 is 0. The molecule has 9 heteroatoms. The van der Waals surface area contributed by atoms with Gasteiger partial charge in [0.05, 0.1) is 25.9 Å². The molecule has 1 saturated carbocycles. The minimum atomic E-state index is -2.09. The van der Waals surface area contributed by atoms with Gasteiger partial charge in [-0.1, -0.05) is 71.9 Å². The van der Waals surface area contributed by atoms with E-state index < -0.39 is 16.6 Å². The van der Waals surface area contributed by atoms with E-state index in [0.29, 0.717) is 25.9 Å². The SMILES string of the molecule is COC(=O)CC/C=C\CC(=O)/C=C/[C@H]1[C@@H](C/C=C\CCOC2CCCCO2)[C@H](O[Si](C)(C)C(C)(C)C)C[C@@H]1O[Si](C)(C)C(C)(C)C. The Morgan fingerprint density at radius 3 is 2.07 bits per heavy atom. The van der Waals surface area contributed by atoms with Crippen molar-refractivity contribution in [3.8, 4) is 0 Å². The third kappa shape index (κ3) is 13.3. The molecule has 1 heterocycles. The first-order valence-electron chi connectivity index (χ1n) is 17.5. The van der Waals surface area contributed by atoms with E-state index >= 15 is 0 Å². The summed E-state index contributed by atoms with van der Waals surface area (Å²) < 4.78 is 30.6. The molecule has 0 aromatic heterocycles. The Balaban J connectivity index is 2.27. The van der Waals surface area contributed by atoms with Gasteiger partial charge in [-0.3, -0.25) is 9.59 Å². The number of hydrogen-bond acceptors (Lipinski definition) is 7. The molecule has 0 amide bonds. The van der Waals surface area contributed by atoms with E-state index in [1.165, 1.54) is 13.5 Å². The molecule has 0 bridgehead atoms. The second kappa shape index (κ2) is 18.4. The molecule has 1 aliphatic heterocycles. The van der Waals surface area contributed by atoms with E-state index in [-0.39, 0.29) is 52.2 Å². The van der Waals surface area contributed by atoms with Gasteiger partial charge in [0.1, 0.15) is 0 Å². The van der Waals surface area contributed by atoms with Crippen LogP contribution in [0.1, 0.15) is 99.3 Å². The molecule has 264 valence electrons. The van der Waals surface area contributed by atoms with Crippen molar-refractivity contribution in [1.29, 1.82) is 0 Å². The van der Waals surface area contributed by atoms with Gasteiger partial charge in [0.2, 0.25) is 0 Å². The highest BCUT2D eigenvalue weighted by molar-refractivity contribution is 6.74. The Morgan fingerprint density at radius 1 is 0.848 bits per heavy atom. The number of rotatable bonds is 17. The van der Waals surface area contributed by atoms with Gasteiger partial charge in [0, 0.05) is 25.4 Å². The van der Waals surface area contributed by atoms with Gasteiger partial charge in [0.25, 0.3) is 0 Å². The summed E-state index contributed by atoms with van der Waals surface area (Å²) in [7, 11) is -2.76. The Morgan fingerprint density at radius 2 is 1.48 bits per heavy atom. The number of methoxy groups -OCH3 is 1. The fourth-order valence-electron chi connectivity index (χ4n) is 5.42. The Bertz CT molecular complexity index is 1030. The fourth-order valence-corrected chi connectivity index (χ4v) is 8.17. The second-order valence-electron chi connectivity index (χ2n) is 16.1. The number of carbonyl (C=O) groups is 2. The van der Waals surface area contributed by atoms with Crippen molar-refractivity contribution < 1.29 is 32.7 Å². The van der Waals surface area contributed by atoms with Crippen LogP contribution in [0.2, 0.25) is 36.3 Å². The number of esters is 1. The van der Waals surface area contributed by atoms with Gasteiger partial charge < -0.3 is 23.1 Å². The van der Waals surface area contributed by atoms with E-state index in [2.05, 4.69) is 86.0 Å². The highest BCUT2D eigenvalue weighted by Gasteiger charge is 2.50. The van der Waals surface area contributed by atoms with Crippen LogP contribution in [-0.4, -0.2) is 67.2 Å². The maximum atomic E-state index is 13.0. The molecule has 0 radical (unpaired) electrons. The fraction of sp³-hybridized carbons (Fsp3) is 0.784. The summed E-state index contributed by atoms with van der Waals surface area (Å²) in [5.41, 5.74) is 0. The van der Waals surface area contributed by atoms with Gasteiger partial charge in [0.15, 0.2) is 28.7 Å². The highest BCUT2D eigenvalue weighted by Crippen LogP contribution is 2.47. The summed E-state index contributed by atoms with van der Waals surface area (Å²) in [6.45, 7) is 24.4. The molecule has 1 unspecified atom stereocenters. The summed E-state index contributed by atoms with van der Waals surface area (Å²) in [4.78, 5) is 24.4. The molecular weight excluding hydrogens is 613 g/mol. The lowest BCUT2D eigenvalue weighted by Gasteiger charge is -2.40. The monoisotopic (exact) mass is 678 g/mol. The molecule has 5 atom stereocenters. The third-order valence-corrected chi connectivity index (χ3v) is 19.4. The van der Waals surface area contributed by atoms with Gasteiger partial charge in [-0.15, -0.1) is 0 Å². The maximum absolute atomic E-state index is 13.0. The first-order valence-corrected chi connectivity index (χ1v) is 23.4. The zero-order valence-corrected chi connectivity index (χ0v) is 33.0. The van der Waals surface area contributed by atoms with Crippen LogP contribution in [0.15, 0.2) is 36.5 Å². The van der Waals surface area contributed by atoms with Crippen LogP contribution in [0.25, 0.3) is 0 Å². The van der Waals surface area contributed by atoms with Crippen LogP contribution < -0.4 is 0 Å². The molecule has 46 heavy (non-hydrogen) atoms. The second-order valence-corrected chi connectivity index (χ2v) is 25.6. The van der Waals surface area contributed by atoms with Crippen LogP contribution in [0.5, 0.6) is 0 Å². The average Bonchev–Trinajstić information content (AvgIpc) is 3.26. The summed E-state index contributed by atoms with van der Waals surface area (Å²) in [6.07, 6.45) is 19.0. The van der Waals surface area contributed by atoms with Crippen molar-refractivity contribution in [1.82, 2.24) is 0 Å². The Hall–Kier alpha value is -1.37. The smallest absolute Gasteiger partial charge is 0.305 e. The molecule has 0 aromatic carbocycles. The molecule has 0 spiro atoms. The van der Waals surface area contributed by atoms with E-state index in [1.54, 1.807) is 6.08 Å². The number of ether oxygens (including phenoxy) is 3. The number of hydrogen-bond donors (Lipinski definition) is 0. The summed E-state index contributed by atoms with van der Waals surface area (Å²) in [6, 6.07) is 0. The number of carbonyl (C=O) groups excluding carboxylic acids is 2. The predicted octanol–water partition coefficient (Wildman–Crippen LogP) is 9.31. The van der Waals surface area contributed by atoms with Crippen molar-refractivity contribution in [2.24, 2.45) is 11.8 Å². The minimum Gasteiger partial charge on any atom is -0.469 e. The first-order chi connectivity index (χ1) is 21.4. The molecular formula is C37H66O7Si2. The van der Waals surface area contributed by atoms with Crippen LogP contribution in [0.3, 0.4) is 0 Å². The number of allylic oxidation sites excluding steroid dienone is 4. The number of ketones is 1. The lowest BCUT2D eigenvalue weighted by atomic mass is 9.89. The maximum Gasteiger partial charge on any atom is 0.305 e. The van der Waals surface area contributed by atoms with Crippen LogP contribution in [0, 0.1) is 11.8 Å². The first kappa shape index (κ1) is 40.8. The highest BCUT2D eigenvalue weighted by atomic mass is 28.4. The zero-order valence-electron chi connectivity index (χ0n) is 31.0. The predicted molar refractivity (Wildman–Crippen MR) is 193 cm³/mol. The molecule has 2 fully saturated rings. The molecule has 1 saturated heterocycles.